The van der Waals surface area contributed by atoms with Crippen molar-refractivity contribution in [2.75, 3.05) is 0 Å². The molecule has 1 saturated carbocycles. The lowest BCUT2D eigenvalue weighted by Crippen LogP contribution is -2.17. The lowest BCUT2D eigenvalue weighted by Gasteiger charge is -2.22. The topological polar surface area (TPSA) is 66.8 Å². The Balaban J connectivity index is 1.83. The summed E-state index contributed by atoms with van der Waals surface area (Å²) in [7, 11) is 0. The van der Waals surface area contributed by atoms with E-state index in [-0.39, 0.29) is 24.1 Å². The highest BCUT2D eigenvalue weighted by molar-refractivity contribution is 5.69. The van der Waals surface area contributed by atoms with Gasteiger partial charge in [0.1, 0.15) is 0 Å². The van der Waals surface area contributed by atoms with E-state index in [9.17, 15) is 15.0 Å². The maximum atomic E-state index is 11.6. The first kappa shape index (κ1) is 25.6. The number of hydrogen-bond acceptors (Lipinski definition) is 4. The minimum Gasteiger partial charge on any atom is -0.463 e. The van der Waals surface area contributed by atoms with Crippen LogP contribution in [0.5, 0.6) is 0 Å². The summed E-state index contributed by atoms with van der Waals surface area (Å²) in [4.78, 5) is 11.6. The van der Waals surface area contributed by atoms with Crippen LogP contribution in [0, 0.1) is 5.92 Å². The lowest BCUT2D eigenvalue weighted by atomic mass is 9.85. The quantitative estimate of drug-likeness (QED) is 0.221. The summed E-state index contributed by atoms with van der Waals surface area (Å²) < 4.78 is 5.15. The minimum absolute atomic E-state index is 0.0489. The summed E-state index contributed by atoms with van der Waals surface area (Å²) in [5.41, 5.74) is 2.14. The average molecular weight is 431 g/mol. The van der Waals surface area contributed by atoms with Crippen molar-refractivity contribution < 1.29 is 19.7 Å². The van der Waals surface area contributed by atoms with Gasteiger partial charge in [0, 0.05) is 12.3 Å². The Kier molecular flexibility index (Phi) is 11.3. The number of esters is 1. The van der Waals surface area contributed by atoms with Gasteiger partial charge in [-0.25, -0.2) is 0 Å². The number of carbonyl (C=O) groups is 1. The second-order valence-corrected chi connectivity index (χ2v) is 9.25. The largest absolute Gasteiger partial charge is 0.463 e. The van der Waals surface area contributed by atoms with Crippen LogP contribution >= 0.6 is 0 Å². The summed E-state index contributed by atoms with van der Waals surface area (Å²) in [6.07, 6.45) is 12.7. The number of rotatable bonds is 13. The Bertz CT molecular complexity index is 664. The van der Waals surface area contributed by atoms with Crippen LogP contribution in [-0.2, 0) is 9.53 Å². The van der Waals surface area contributed by atoms with Crippen molar-refractivity contribution in [1.29, 1.82) is 0 Å². The van der Waals surface area contributed by atoms with Crippen molar-refractivity contribution in [2.45, 2.75) is 109 Å². The molecule has 1 aliphatic carbocycles. The molecule has 0 heterocycles. The van der Waals surface area contributed by atoms with Crippen LogP contribution in [0.25, 0.3) is 0 Å². The normalized spacial score (nSPS) is 22.3. The molecule has 1 aromatic rings. The van der Waals surface area contributed by atoms with E-state index in [0.29, 0.717) is 12.3 Å². The third kappa shape index (κ3) is 8.78. The molecule has 2 rings (SSSR count). The zero-order chi connectivity index (χ0) is 22.6. The third-order valence-corrected chi connectivity index (χ3v) is 6.27. The first-order valence-electron chi connectivity index (χ1n) is 12.2. The van der Waals surface area contributed by atoms with Gasteiger partial charge in [0.2, 0.25) is 0 Å². The van der Waals surface area contributed by atoms with E-state index in [2.05, 4.69) is 31.2 Å². The number of aliphatic hydroxyl groups excluding tert-OH is 2. The van der Waals surface area contributed by atoms with Crippen LogP contribution in [0.4, 0.5) is 0 Å². The highest BCUT2D eigenvalue weighted by Crippen LogP contribution is 2.42. The SMILES string of the molecule is CCCCC[C@@H](O)c1ccc([C@@H]2C(C/C=C\CCCC(=O)OC(C)C)CC[C@H]2O)cc1. The summed E-state index contributed by atoms with van der Waals surface area (Å²) in [5, 5.41) is 21.0. The standard InChI is InChI=1S/C27H42O4/c1-4-5-8-12-24(28)21-14-16-23(17-15-21)27-22(18-19-25(27)29)11-9-6-7-10-13-26(30)31-20(2)3/h6,9,14-17,20,22,24-25,27-29H,4-5,7-8,10-13,18-19H2,1-3H3/b9-6-/t22?,24-,25-,27+/m1/s1. The van der Waals surface area contributed by atoms with Crippen molar-refractivity contribution in [3.05, 3.63) is 47.5 Å². The Morgan fingerprint density at radius 1 is 1.13 bits per heavy atom. The van der Waals surface area contributed by atoms with E-state index in [4.69, 9.17) is 4.74 Å². The van der Waals surface area contributed by atoms with Gasteiger partial charge in [-0.15, -0.1) is 0 Å². The molecule has 0 radical (unpaired) electrons. The van der Waals surface area contributed by atoms with Crippen molar-refractivity contribution >= 4 is 5.97 Å². The van der Waals surface area contributed by atoms with Gasteiger partial charge in [-0.2, -0.15) is 0 Å². The molecule has 0 amide bonds. The molecule has 4 atom stereocenters. The lowest BCUT2D eigenvalue weighted by molar-refractivity contribution is -0.147. The fourth-order valence-corrected chi connectivity index (χ4v) is 4.59. The number of unbranched alkanes of at least 4 members (excludes halogenated alkanes) is 3. The van der Waals surface area contributed by atoms with Gasteiger partial charge >= 0.3 is 5.97 Å². The number of benzene rings is 1. The van der Waals surface area contributed by atoms with Gasteiger partial charge in [0.25, 0.3) is 0 Å². The van der Waals surface area contributed by atoms with Crippen LogP contribution in [0.1, 0.15) is 108 Å². The smallest absolute Gasteiger partial charge is 0.306 e. The van der Waals surface area contributed by atoms with E-state index >= 15 is 0 Å². The molecule has 1 fully saturated rings. The minimum atomic E-state index is -0.398. The molecule has 1 aliphatic rings. The molecule has 0 aromatic heterocycles. The predicted octanol–water partition coefficient (Wildman–Crippen LogP) is 6.22. The molecule has 2 N–H and O–H groups in total. The molecule has 4 heteroatoms. The molecule has 0 saturated heterocycles. The number of ether oxygens (including phenoxy) is 1. The maximum absolute atomic E-state index is 11.6. The van der Waals surface area contributed by atoms with E-state index < -0.39 is 6.10 Å². The van der Waals surface area contributed by atoms with Gasteiger partial charge in [-0.05, 0) is 69.4 Å². The molecule has 31 heavy (non-hydrogen) atoms. The summed E-state index contributed by atoms with van der Waals surface area (Å²) in [6.45, 7) is 5.91. The van der Waals surface area contributed by atoms with Gasteiger partial charge < -0.3 is 14.9 Å². The van der Waals surface area contributed by atoms with E-state index in [1.54, 1.807) is 0 Å². The van der Waals surface area contributed by atoms with Crippen molar-refractivity contribution in [3.63, 3.8) is 0 Å². The van der Waals surface area contributed by atoms with Crippen LogP contribution in [0.2, 0.25) is 0 Å². The van der Waals surface area contributed by atoms with E-state index in [1.807, 2.05) is 26.0 Å². The van der Waals surface area contributed by atoms with E-state index in [0.717, 1.165) is 63.4 Å². The summed E-state index contributed by atoms with van der Waals surface area (Å²) in [5.74, 6) is 0.454. The van der Waals surface area contributed by atoms with Crippen LogP contribution < -0.4 is 0 Å². The van der Waals surface area contributed by atoms with Crippen LogP contribution in [-0.4, -0.2) is 28.4 Å². The number of hydrogen-bond donors (Lipinski definition) is 2. The van der Waals surface area contributed by atoms with Crippen LogP contribution in [0.3, 0.4) is 0 Å². The van der Waals surface area contributed by atoms with Gasteiger partial charge in [0.05, 0.1) is 18.3 Å². The first-order chi connectivity index (χ1) is 14.9. The first-order valence-corrected chi connectivity index (χ1v) is 12.2. The molecule has 174 valence electrons. The van der Waals surface area contributed by atoms with Crippen molar-refractivity contribution in [2.24, 2.45) is 5.92 Å². The molecular weight excluding hydrogens is 388 g/mol. The summed E-state index contributed by atoms with van der Waals surface area (Å²) >= 11 is 0. The fourth-order valence-electron chi connectivity index (χ4n) is 4.59. The van der Waals surface area contributed by atoms with Crippen molar-refractivity contribution in [3.8, 4) is 0 Å². The van der Waals surface area contributed by atoms with Gasteiger partial charge in [0.15, 0.2) is 0 Å². The Labute approximate surface area is 188 Å². The van der Waals surface area contributed by atoms with Gasteiger partial charge in [-0.1, -0.05) is 62.6 Å². The van der Waals surface area contributed by atoms with Crippen LogP contribution in [0.15, 0.2) is 36.4 Å². The fraction of sp³-hybridized carbons (Fsp3) is 0.667. The Hall–Kier alpha value is -1.65. The molecule has 0 bridgehead atoms. The second kappa shape index (κ2) is 13.7. The molecule has 0 aliphatic heterocycles. The highest BCUT2D eigenvalue weighted by atomic mass is 16.5. The number of carbonyl (C=O) groups excluding carboxylic acids is 1. The average Bonchev–Trinajstić information content (AvgIpc) is 3.10. The molecular formula is C27H42O4. The predicted molar refractivity (Wildman–Crippen MR) is 126 cm³/mol. The number of aliphatic hydroxyl groups is 2. The highest BCUT2D eigenvalue weighted by Gasteiger charge is 2.35. The van der Waals surface area contributed by atoms with E-state index in [1.165, 1.54) is 5.56 Å². The third-order valence-electron chi connectivity index (χ3n) is 6.27. The number of allylic oxidation sites excluding steroid dienone is 2. The zero-order valence-electron chi connectivity index (χ0n) is 19.6. The monoisotopic (exact) mass is 430 g/mol. The molecule has 1 aromatic carbocycles. The Morgan fingerprint density at radius 3 is 2.55 bits per heavy atom. The van der Waals surface area contributed by atoms with Crippen molar-refractivity contribution in [1.82, 2.24) is 0 Å². The Morgan fingerprint density at radius 2 is 1.87 bits per heavy atom. The zero-order valence-corrected chi connectivity index (χ0v) is 19.6. The summed E-state index contributed by atoms with van der Waals surface area (Å²) in [6, 6.07) is 8.24. The molecule has 0 spiro atoms. The molecule has 1 unspecified atom stereocenters. The second-order valence-electron chi connectivity index (χ2n) is 9.25. The molecule has 4 nitrogen and oxygen atoms in total. The van der Waals surface area contributed by atoms with Gasteiger partial charge in [-0.3, -0.25) is 4.79 Å². The maximum Gasteiger partial charge on any atom is 0.306 e.